The zero-order valence-electron chi connectivity index (χ0n) is 12.8. The Morgan fingerprint density at radius 2 is 1.58 bits per heavy atom. The molecule has 5 heteroatoms. The van der Waals surface area contributed by atoms with Crippen molar-refractivity contribution in [1.29, 1.82) is 5.26 Å². The normalized spacial score (nSPS) is 10.2. The molecule has 3 nitrogen and oxygen atoms in total. The van der Waals surface area contributed by atoms with Gasteiger partial charge in [-0.25, -0.2) is 4.98 Å². The van der Waals surface area contributed by atoms with E-state index >= 15 is 0 Å². The molecular weight excluding hydrogens is 343 g/mol. The minimum Gasteiger partial charge on any atom is -0.497 e. The monoisotopic (exact) mass is 354 g/mol. The molecule has 0 fully saturated rings. The summed E-state index contributed by atoms with van der Waals surface area (Å²) in [5, 5.41) is 10.3. The summed E-state index contributed by atoms with van der Waals surface area (Å²) in [6.07, 6.45) is 0. The van der Waals surface area contributed by atoms with Crippen molar-refractivity contribution in [2.75, 3.05) is 7.11 Å². The van der Waals surface area contributed by atoms with Gasteiger partial charge in [-0.3, -0.25) is 0 Å². The van der Waals surface area contributed by atoms with E-state index in [1.165, 1.54) is 0 Å². The Labute approximate surface area is 150 Å². The molecule has 2 aromatic carbocycles. The van der Waals surface area contributed by atoms with E-state index in [1.807, 2.05) is 42.5 Å². The highest BCUT2D eigenvalue weighted by molar-refractivity contribution is 6.31. The number of aromatic nitrogens is 1. The van der Waals surface area contributed by atoms with Gasteiger partial charge in [0.05, 0.1) is 18.4 Å². The zero-order valence-corrected chi connectivity index (χ0v) is 14.3. The van der Waals surface area contributed by atoms with Crippen LogP contribution in [0.3, 0.4) is 0 Å². The van der Waals surface area contributed by atoms with Crippen LogP contribution < -0.4 is 4.74 Å². The maximum Gasteiger partial charge on any atom is 0.148 e. The number of benzene rings is 2. The van der Waals surface area contributed by atoms with Gasteiger partial charge >= 0.3 is 0 Å². The first kappa shape index (κ1) is 16.3. The van der Waals surface area contributed by atoms with Gasteiger partial charge < -0.3 is 4.74 Å². The third-order valence-corrected chi connectivity index (χ3v) is 4.15. The molecule has 0 amide bonds. The standard InChI is InChI=1S/C19H12Cl2N2O/c1-24-15-8-4-12(5-9-15)16-10-18(23-19(21)17(16)11-22)13-2-6-14(20)7-3-13/h2-10H,1H3. The summed E-state index contributed by atoms with van der Waals surface area (Å²) < 4.78 is 5.17. The van der Waals surface area contributed by atoms with Gasteiger partial charge in [-0.2, -0.15) is 5.26 Å². The first-order valence-electron chi connectivity index (χ1n) is 7.13. The molecule has 0 saturated carbocycles. The fraction of sp³-hybridized carbons (Fsp3) is 0.0526. The van der Waals surface area contributed by atoms with Crippen LogP contribution >= 0.6 is 23.2 Å². The molecule has 3 aromatic rings. The quantitative estimate of drug-likeness (QED) is 0.574. The number of halogens is 2. The summed E-state index contributed by atoms with van der Waals surface area (Å²) in [7, 11) is 1.61. The third kappa shape index (κ3) is 3.21. The van der Waals surface area contributed by atoms with Crippen molar-refractivity contribution in [2.45, 2.75) is 0 Å². The van der Waals surface area contributed by atoms with E-state index in [-0.39, 0.29) is 5.15 Å². The van der Waals surface area contributed by atoms with E-state index in [1.54, 1.807) is 19.2 Å². The number of hydrogen-bond donors (Lipinski definition) is 0. The molecule has 0 aliphatic carbocycles. The molecule has 118 valence electrons. The average Bonchev–Trinajstić information content (AvgIpc) is 2.61. The molecular formula is C19H12Cl2N2O. The summed E-state index contributed by atoms with van der Waals surface area (Å²) in [4.78, 5) is 4.34. The second-order valence-electron chi connectivity index (χ2n) is 5.07. The van der Waals surface area contributed by atoms with Gasteiger partial charge in [0.1, 0.15) is 17.0 Å². The van der Waals surface area contributed by atoms with Crippen LogP contribution in [0, 0.1) is 11.3 Å². The molecule has 0 radical (unpaired) electrons. The molecule has 24 heavy (non-hydrogen) atoms. The van der Waals surface area contributed by atoms with Crippen LogP contribution in [0.4, 0.5) is 0 Å². The Kier molecular flexibility index (Phi) is 4.71. The third-order valence-electron chi connectivity index (χ3n) is 3.63. The van der Waals surface area contributed by atoms with Crippen LogP contribution in [-0.2, 0) is 0 Å². The molecule has 0 aliphatic heterocycles. The van der Waals surface area contributed by atoms with Gasteiger partial charge in [0.2, 0.25) is 0 Å². The van der Waals surface area contributed by atoms with Gasteiger partial charge in [-0.1, -0.05) is 47.5 Å². The molecule has 0 N–H and O–H groups in total. The largest absolute Gasteiger partial charge is 0.497 e. The SMILES string of the molecule is COc1ccc(-c2cc(-c3ccc(Cl)cc3)nc(Cl)c2C#N)cc1. The van der Waals surface area contributed by atoms with Crippen molar-refractivity contribution in [2.24, 2.45) is 0 Å². The topological polar surface area (TPSA) is 45.9 Å². The highest BCUT2D eigenvalue weighted by Crippen LogP contribution is 2.33. The van der Waals surface area contributed by atoms with E-state index in [4.69, 9.17) is 27.9 Å². The number of rotatable bonds is 3. The Morgan fingerprint density at radius 1 is 0.958 bits per heavy atom. The van der Waals surface area contributed by atoms with Gasteiger partial charge in [0, 0.05) is 16.1 Å². The van der Waals surface area contributed by atoms with Crippen molar-refractivity contribution in [3.8, 4) is 34.2 Å². The highest BCUT2D eigenvalue weighted by Gasteiger charge is 2.14. The highest BCUT2D eigenvalue weighted by atomic mass is 35.5. The minimum atomic E-state index is 0.177. The molecule has 1 aromatic heterocycles. The van der Waals surface area contributed by atoms with E-state index < -0.39 is 0 Å². The summed E-state index contributed by atoms with van der Waals surface area (Å²) in [6, 6.07) is 18.8. The number of hydrogen-bond acceptors (Lipinski definition) is 3. The van der Waals surface area contributed by atoms with Gasteiger partial charge in [0.25, 0.3) is 0 Å². The minimum absolute atomic E-state index is 0.177. The predicted molar refractivity (Wildman–Crippen MR) is 96.4 cm³/mol. The maximum absolute atomic E-state index is 9.44. The average molecular weight is 355 g/mol. The lowest BCUT2D eigenvalue weighted by atomic mass is 9.99. The molecule has 0 saturated heterocycles. The van der Waals surface area contributed by atoms with Gasteiger partial charge in [-0.15, -0.1) is 0 Å². The van der Waals surface area contributed by atoms with E-state index in [2.05, 4.69) is 11.1 Å². The predicted octanol–water partition coefficient (Wildman–Crippen LogP) is 5.60. The lowest BCUT2D eigenvalue weighted by Crippen LogP contribution is -1.93. The van der Waals surface area contributed by atoms with E-state index in [9.17, 15) is 5.26 Å². The van der Waals surface area contributed by atoms with E-state index in [0.29, 0.717) is 16.3 Å². The van der Waals surface area contributed by atoms with Crippen LogP contribution in [0.5, 0.6) is 5.75 Å². The fourth-order valence-corrected chi connectivity index (χ4v) is 2.75. The van der Waals surface area contributed by atoms with Crippen LogP contribution in [-0.4, -0.2) is 12.1 Å². The second-order valence-corrected chi connectivity index (χ2v) is 5.86. The molecule has 1 heterocycles. The lowest BCUT2D eigenvalue weighted by molar-refractivity contribution is 0.415. The first-order valence-corrected chi connectivity index (χ1v) is 7.89. The van der Waals surface area contributed by atoms with Crippen molar-refractivity contribution in [3.63, 3.8) is 0 Å². The summed E-state index contributed by atoms with van der Waals surface area (Å²) >= 11 is 12.2. The summed E-state index contributed by atoms with van der Waals surface area (Å²) in [5.41, 5.74) is 3.50. The maximum atomic E-state index is 9.44. The Morgan fingerprint density at radius 3 is 2.17 bits per heavy atom. The second kappa shape index (κ2) is 6.92. The number of nitriles is 1. The molecule has 0 aliphatic rings. The number of nitrogens with zero attached hydrogens (tertiary/aromatic N) is 2. The first-order chi connectivity index (χ1) is 11.6. The van der Waals surface area contributed by atoms with Gasteiger partial charge in [-0.05, 0) is 35.9 Å². The lowest BCUT2D eigenvalue weighted by Gasteiger charge is -2.10. The van der Waals surface area contributed by atoms with Crippen LogP contribution in [0.25, 0.3) is 22.4 Å². The molecule has 0 spiro atoms. The smallest absolute Gasteiger partial charge is 0.148 e. The molecule has 0 atom stereocenters. The number of methoxy groups -OCH3 is 1. The zero-order chi connectivity index (χ0) is 17.1. The van der Waals surface area contributed by atoms with Gasteiger partial charge in [0.15, 0.2) is 0 Å². The van der Waals surface area contributed by atoms with Crippen LogP contribution in [0.1, 0.15) is 5.56 Å². The Balaban J connectivity index is 2.16. The Bertz CT molecular complexity index is 914. The summed E-state index contributed by atoms with van der Waals surface area (Å²) in [6.45, 7) is 0. The van der Waals surface area contributed by atoms with Crippen molar-refractivity contribution in [3.05, 3.63) is 70.3 Å². The van der Waals surface area contributed by atoms with Crippen LogP contribution in [0.2, 0.25) is 10.2 Å². The summed E-state index contributed by atoms with van der Waals surface area (Å²) in [5.74, 6) is 0.746. The molecule has 3 rings (SSSR count). The molecule has 0 bridgehead atoms. The Hall–Kier alpha value is -2.54. The van der Waals surface area contributed by atoms with Crippen molar-refractivity contribution >= 4 is 23.2 Å². The van der Waals surface area contributed by atoms with Crippen molar-refractivity contribution < 1.29 is 4.74 Å². The fourth-order valence-electron chi connectivity index (χ4n) is 2.39. The van der Waals surface area contributed by atoms with E-state index in [0.717, 1.165) is 22.4 Å². The van der Waals surface area contributed by atoms with Crippen LogP contribution in [0.15, 0.2) is 54.6 Å². The number of ether oxygens (including phenoxy) is 1. The number of pyridine rings is 1. The van der Waals surface area contributed by atoms with Crippen molar-refractivity contribution in [1.82, 2.24) is 4.98 Å². The molecule has 0 unspecified atom stereocenters.